The number of amides is 2. The number of benzene rings is 3. The Morgan fingerprint density at radius 1 is 0.926 bits per heavy atom. The van der Waals surface area contributed by atoms with E-state index in [9.17, 15) is 27.6 Å². The van der Waals surface area contributed by atoms with Gasteiger partial charge in [-0.2, -0.15) is 0 Å². The number of esters is 2. The van der Waals surface area contributed by atoms with Gasteiger partial charge in [0.2, 0.25) is 5.91 Å². The second-order valence-corrected chi connectivity index (χ2v) is 17.2. The van der Waals surface area contributed by atoms with Crippen LogP contribution in [0, 0.1) is 5.92 Å². The van der Waals surface area contributed by atoms with Gasteiger partial charge >= 0.3 is 18.0 Å². The van der Waals surface area contributed by atoms with E-state index < -0.39 is 63.6 Å². The molecule has 0 saturated carbocycles. The second-order valence-electron chi connectivity index (χ2n) is 14.9. The number of ether oxygens (including phenoxy) is 4. The first-order valence-corrected chi connectivity index (χ1v) is 19.1. The van der Waals surface area contributed by atoms with Gasteiger partial charge in [-0.25, -0.2) is 26.8 Å². The van der Waals surface area contributed by atoms with Gasteiger partial charge in [0.15, 0.2) is 6.61 Å². The normalized spacial score (nSPS) is 14.9. The third-order valence-corrected chi connectivity index (χ3v) is 10.5. The highest BCUT2D eigenvalue weighted by atomic mass is 35.5. The first kappa shape index (κ1) is 40.1. The summed E-state index contributed by atoms with van der Waals surface area (Å²) in [6, 6.07) is 15.4. The number of hydrogen-bond donors (Lipinski definition) is 2. The number of nitrogens with zero attached hydrogens (tertiary/aromatic N) is 1. The minimum Gasteiger partial charge on any atom is -0.480 e. The summed E-state index contributed by atoms with van der Waals surface area (Å²) in [5.41, 5.74) is -0.0287. The molecule has 0 bridgehead atoms. The molecule has 2 N–H and O–H groups in total. The summed E-state index contributed by atoms with van der Waals surface area (Å²) in [5.74, 6) is -3.48. The highest BCUT2D eigenvalue weighted by Crippen LogP contribution is 2.47. The van der Waals surface area contributed by atoms with Crippen LogP contribution < -0.4 is 15.4 Å². The van der Waals surface area contributed by atoms with Crippen molar-refractivity contribution in [2.75, 3.05) is 24.4 Å². The van der Waals surface area contributed by atoms with Crippen LogP contribution in [-0.2, 0) is 40.2 Å². The van der Waals surface area contributed by atoms with E-state index in [0.717, 1.165) is 16.6 Å². The number of methoxy groups -OCH3 is 1. The van der Waals surface area contributed by atoms with E-state index in [1.807, 2.05) is 0 Å². The highest BCUT2D eigenvalue weighted by molar-refractivity contribution is 7.90. The van der Waals surface area contributed by atoms with Crippen LogP contribution in [0.15, 0.2) is 65.6 Å². The summed E-state index contributed by atoms with van der Waals surface area (Å²) >= 11 is 6.51. The lowest BCUT2D eigenvalue weighted by Crippen LogP contribution is -2.30. The summed E-state index contributed by atoms with van der Waals surface area (Å²) in [4.78, 5) is 52.8. The van der Waals surface area contributed by atoms with Gasteiger partial charge in [0.05, 0.1) is 23.2 Å². The fourth-order valence-corrected chi connectivity index (χ4v) is 8.16. The Kier molecular flexibility index (Phi) is 11.4. The number of anilines is 2. The lowest BCUT2D eigenvalue weighted by atomic mass is 9.76. The van der Waals surface area contributed by atoms with Crippen molar-refractivity contribution in [1.29, 1.82) is 0 Å². The predicted molar refractivity (Wildman–Crippen MR) is 204 cm³/mol. The maximum atomic E-state index is 14.3. The van der Waals surface area contributed by atoms with Crippen molar-refractivity contribution < 1.29 is 46.5 Å². The monoisotopic (exact) mass is 781 g/mol. The Labute approximate surface area is 319 Å². The molecule has 15 heteroatoms. The van der Waals surface area contributed by atoms with E-state index in [1.54, 1.807) is 72.7 Å². The minimum atomic E-state index is -4.35. The Morgan fingerprint density at radius 2 is 1.59 bits per heavy atom. The quantitative estimate of drug-likeness (QED) is 0.120. The average molecular weight is 782 g/mol. The standard InChI is InChI=1S/C39H44ClN3O10S/c1-22(35(45)42-28-17-15-25(41-37(47)53-39(5,6)7)20-30(28)51-21-31(44)52-38(2,3)4)27-16-14-23-18-24(40)19-29-32(23)33(27)34(36(46)50-8)43(29)54(48,49)26-12-10-9-11-13-26/h9-13,15,17-20,22,27H,14,16,21H2,1-8H3,(H,41,47)(H,42,45). The zero-order chi connectivity index (χ0) is 39.7. The van der Waals surface area contributed by atoms with Gasteiger partial charge in [-0.3, -0.25) is 10.1 Å². The van der Waals surface area contributed by atoms with Crippen LogP contribution in [0.2, 0.25) is 5.02 Å². The van der Waals surface area contributed by atoms with Gasteiger partial charge in [0.1, 0.15) is 22.6 Å². The van der Waals surface area contributed by atoms with Crippen LogP contribution in [0.4, 0.5) is 16.2 Å². The Balaban J connectivity index is 1.54. The summed E-state index contributed by atoms with van der Waals surface area (Å²) in [6.07, 6.45) is 0.0910. The SMILES string of the molecule is COC(=O)c1c2c3c(cc(Cl)cc3n1S(=O)(=O)c1ccccc1)CCC2C(C)C(=O)Nc1ccc(NC(=O)OC(C)(C)C)cc1OCC(=O)OC(C)(C)C. The molecule has 0 fully saturated rings. The molecule has 0 spiro atoms. The van der Waals surface area contributed by atoms with E-state index in [2.05, 4.69) is 10.6 Å². The minimum absolute atomic E-state index is 0.0507. The molecule has 54 heavy (non-hydrogen) atoms. The van der Waals surface area contributed by atoms with Gasteiger partial charge in [0, 0.05) is 28.1 Å². The average Bonchev–Trinajstić information content (AvgIpc) is 3.42. The number of aromatic nitrogens is 1. The number of rotatable bonds is 10. The number of nitrogens with one attached hydrogen (secondary N) is 2. The molecule has 2 atom stereocenters. The first-order valence-electron chi connectivity index (χ1n) is 17.3. The molecule has 4 aromatic rings. The Morgan fingerprint density at radius 3 is 2.22 bits per heavy atom. The number of aryl methyl sites for hydroxylation is 1. The largest absolute Gasteiger partial charge is 0.480 e. The van der Waals surface area contributed by atoms with Crippen LogP contribution in [-0.4, -0.2) is 61.2 Å². The zero-order valence-corrected chi connectivity index (χ0v) is 32.9. The fraction of sp³-hybridized carbons (Fsp3) is 0.385. The van der Waals surface area contributed by atoms with Gasteiger partial charge in [-0.15, -0.1) is 0 Å². The summed E-state index contributed by atoms with van der Waals surface area (Å²) in [6.45, 7) is 11.5. The fourth-order valence-electron chi connectivity index (χ4n) is 6.40. The van der Waals surface area contributed by atoms with Gasteiger partial charge in [-0.05, 0) is 108 Å². The van der Waals surface area contributed by atoms with Crippen molar-refractivity contribution >= 4 is 67.8 Å². The lowest BCUT2D eigenvalue weighted by molar-refractivity contribution is -0.157. The molecule has 3 aromatic carbocycles. The maximum absolute atomic E-state index is 14.3. The van der Waals surface area contributed by atoms with Crippen molar-refractivity contribution in [3.05, 3.63) is 82.5 Å². The number of carbonyl (C=O) groups is 4. The molecule has 1 heterocycles. The number of carbonyl (C=O) groups excluding carboxylic acids is 4. The molecule has 0 radical (unpaired) electrons. The van der Waals surface area contributed by atoms with Crippen LogP contribution >= 0.6 is 11.6 Å². The molecule has 0 aliphatic heterocycles. The van der Waals surface area contributed by atoms with Crippen LogP contribution in [0.1, 0.15) is 82.4 Å². The topological polar surface area (TPSA) is 168 Å². The molecule has 2 amide bonds. The molecule has 5 rings (SSSR count). The van der Waals surface area contributed by atoms with Crippen molar-refractivity contribution in [3.8, 4) is 5.75 Å². The van der Waals surface area contributed by atoms with E-state index in [-0.39, 0.29) is 38.3 Å². The first-order chi connectivity index (χ1) is 25.2. The highest BCUT2D eigenvalue weighted by Gasteiger charge is 2.40. The molecule has 1 aliphatic rings. The molecular weight excluding hydrogens is 738 g/mol. The summed E-state index contributed by atoms with van der Waals surface area (Å²) in [7, 11) is -3.19. The van der Waals surface area contributed by atoms with Gasteiger partial charge in [-0.1, -0.05) is 36.7 Å². The maximum Gasteiger partial charge on any atom is 0.412 e. The van der Waals surface area contributed by atoms with E-state index in [0.29, 0.717) is 23.8 Å². The van der Waals surface area contributed by atoms with Crippen molar-refractivity contribution in [3.63, 3.8) is 0 Å². The Hall–Kier alpha value is -5.08. The Bertz CT molecular complexity index is 2220. The van der Waals surface area contributed by atoms with Crippen LogP contribution in [0.5, 0.6) is 5.75 Å². The molecule has 0 saturated heterocycles. The molecule has 13 nitrogen and oxygen atoms in total. The summed E-state index contributed by atoms with van der Waals surface area (Å²) in [5, 5.41) is 6.28. The molecule has 1 aromatic heterocycles. The molecule has 288 valence electrons. The molecule has 1 aliphatic carbocycles. The van der Waals surface area contributed by atoms with Crippen molar-refractivity contribution in [2.45, 2.75) is 83.3 Å². The molecule has 2 unspecified atom stereocenters. The van der Waals surface area contributed by atoms with Gasteiger partial charge in [0.25, 0.3) is 10.0 Å². The second kappa shape index (κ2) is 15.3. The van der Waals surface area contributed by atoms with E-state index >= 15 is 0 Å². The van der Waals surface area contributed by atoms with Crippen molar-refractivity contribution in [2.24, 2.45) is 5.92 Å². The number of hydrogen-bond acceptors (Lipinski definition) is 10. The third-order valence-electron chi connectivity index (χ3n) is 8.53. The van der Waals surface area contributed by atoms with Gasteiger partial charge < -0.3 is 24.3 Å². The lowest BCUT2D eigenvalue weighted by Gasteiger charge is -2.28. The summed E-state index contributed by atoms with van der Waals surface area (Å²) < 4.78 is 51.2. The van der Waals surface area contributed by atoms with Crippen molar-refractivity contribution in [1.82, 2.24) is 3.97 Å². The van der Waals surface area contributed by atoms with E-state index in [4.69, 9.17) is 30.5 Å². The predicted octanol–water partition coefficient (Wildman–Crippen LogP) is 7.69. The van der Waals surface area contributed by atoms with Crippen LogP contribution in [0.3, 0.4) is 0 Å². The molecular formula is C39H44ClN3O10S. The number of halogens is 1. The third kappa shape index (κ3) is 8.82. The van der Waals surface area contributed by atoms with Crippen LogP contribution in [0.25, 0.3) is 10.9 Å². The van der Waals surface area contributed by atoms with E-state index in [1.165, 1.54) is 36.4 Å². The smallest absolute Gasteiger partial charge is 0.412 e. The zero-order valence-electron chi connectivity index (χ0n) is 31.4.